The second kappa shape index (κ2) is 9.80. The van der Waals surface area contributed by atoms with E-state index in [0.29, 0.717) is 19.8 Å². The summed E-state index contributed by atoms with van der Waals surface area (Å²) in [6.45, 7) is 3.34. The molecule has 3 aromatic rings. The van der Waals surface area contributed by atoms with Crippen LogP contribution in [0.2, 0.25) is 0 Å². The molecule has 3 aromatic carbocycles. The van der Waals surface area contributed by atoms with Crippen LogP contribution in [0.5, 0.6) is 5.75 Å². The summed E-state index contributed by atoms with van der Waals surface area (Å²) in [5.41, 5.74) is 4.01. The summed E-state index contributed by atoms with van der Waals surface area (Å²) in [6, 6.07) is 26.7. The maximum Gasteiger partial charge on any atom is 0.253 e. The van der Waals surface area contributed by atoms with Gasteiger partial charge in [-0.1, -0.05) is 54.6 Å². The average Bonchev–Trinajstić information content (AvgIpc) is 2.89. The van der Waals surface area contributed by atoms with Gasteiger partial charge in [-0.15, -0.1) is 0 Å². The average molecular weight is 442 g/mol. The molecule has 0 bridgehead atoms. The lowest BCUT2D eigenvalue weighted by Crippen LogP contribution is -2.44. The van der Waals surface area contributed by atoms with Crippen LogP contribution in [-0.4, -0.2) is 37.1 Å². The number of para-hydroxylation sites is 1. The number of hydrogen-bond acceptors (Lipinski definition) is 3. The second-order valence-corrected chi connectivity index (χ2v) is 9.26. The van der Waals surface area contributed by atoms with Gasteiger partial charge in [-0.3, -0.25) is 4.79 Å². The zero-order valence-corrected chi connectivity index (χ0v) is 19.0. The number of rotatable bonds is 6. The maximum absolute atomic E-state index is 13.1. The molecule has 33 heavy (non-hydrogen) atoms. The Morgan fingerprint density at radius 3 is 2.39 bits per heavy atom. The highest BCUT2D eigenvalue weighted by Crippen LogP contribution is 2.37. The molecule has 4 nitrogen and oxygen atoms in total. The highest BCUT2D eigenvalue weighted by atomic mass is 16.5. The largest absolute Gasteiger partial charge is 0.493 e. The molecule has 1 saturated heterocycles. The van der Waals surface area contributed by atoms with Crippen molar-refractivity contribution in [3.8, 4) is 5.75 Å². The van der Waals surface area contributed by atoms with Gasteiger partial charge in [-0.25, -0.2) is 0 Å². The van der Waals surface area contributed by atoms with Crippen LogP contribution in [-0.2, 0) is 23.2 Å². The molecule has 0 aromatic heterocycles. The summed E-state index contributed by atoms with van der Waals surface area (Å²) in [5, 5.41) is 0. The number of ether oxygens (including phenoxy) is 2. The highest BCUT2D eigenvalue weighted by molar-refractivity contribution is 5.94. The smallest absolute Gasteiger partial charge is 0.253 e. The molecule has 4 heteroatoms. The first-order valence-corrected chi connectivity index (χ1v) is 12.0. The van der Waals surface area contributed by atoms with Gasteiger partial charge in [0.15, 0.2) is 0 Å². The summed E-state index contributed by atoms with van der Waals surface area (Å²) in [4.78, 5) is 15.1. The Kier molecular flexibility index (Phi) is 6.45. The van der Waals surface area contributed by atoms with Crippen molar-refractivity contribution in [2.75, 3.05) is 26.3 Å². The molecule has 0 radical (unpaired) electrons. The van der Waals surface area contributed by atoms with Crippen LogP contribution >= 0.6 is 0 Å². The predicted octanol–water partition coefficient (Wildman–Crippen LogP) is 5.40. The third-order valence-electron chi connectivity index (χ3n) is 6.85. The molecule has 1 amide bonds. The number of likely N-dealkylation sites (tertiary alicyclic amines) is 1. The first-order chi connectivity index (χ1) is 16.2. The Morgan fingerprint density at radius 2 is 1.64 bits per heavy atom. The van der Waals surface area contributed by atoms with Crippen molar-refractivity contribution in [2.24, 2.45) is 0 Å². The van der Waals surface area contributed by atoms with Crippen molar-refractivity contribution in [1.82, 2.24) is 4.90 Å². The number of carbonyl (C=O) groups is 1. The molecule has 0 spiro atoms. The molecule has 1 atom stereocenters. The maximum atomic E-state index is 13.1. The normalized spacial score (nSPS) is 20.2. The van der Waals surface area contributed by atoms with E-state index in [2.05, 4.69) is 30.3 Å². The molecule has 0 aliphatic carbocycles. The fraction of sp³-hybridized carbons (Fsp3) is 0.345. The van der Waals surface area contributed by atoms with Crippen molar-refractivity contribution < 1.29 is 14.3 Å². The van der Waals surface area contributed by atoms with Gasteiger partial charge < -0.3 is 14.4 Å². The quantitative estimate of drug-likeness (QED) is 0.514. The van der Waals surface area contributed by atoms with Crippen LogP contribution < -0.4 is 4.74 Å². The lowest BCUT2D eigenvalue weighted by atomic mass is 9.73. The molecule has 0 saturated carbocycles. The van der Waals surface area contributed by atoms with Gasteiger partial charge in [0.05, 0.1) is 18.6 Å². The van der Waals surface area contributed by atoms with Crippen molar-refractivity contribution in [3.05, 3.63) is 101 Å². The molecule has 2 aliphatic rings. The molecule has 2 aliphatic heterocycles. The lowest BCUT2D eigenvalue weighted by molar-refractivity contribution is 0.0287. The standard InChI is InChI=1S/C29H31NO3/c31-28(30-16-8-3-9-17-30)24-14-15-27-25(18-24)20-32-21-29(27,19-23-10-4-1-5-11-23)22-33-26-12-6-2-7-13-26/h1-2,4-7,10-15,18H,3,8-9,16-17,19-22H2. The van der Waals surface area contributed by atoms with Crippen LogP contribution in [0.15, 0.2) is 78.9 Å². The first kappa shape index (κ1) is 21.7. The molecule has 5 rings (SSSR count). The Balaban J connectivity index is 1.47. The Morgan fingerprint density at radius 1 is 0.909 bits per heavy atom. The summed E-state index contributed by atoms with van der Waals surface area (Å²) in [6.07, 6.45) is 4.21. The number of hydrogen-bond donors (Lipinski definition) is 0. The Hall–Kier alpha value is -3.11. The van der Waals surface area contributed by atoms with Gasteiger partial charge >= 0.3 is 0 Å². The Labute approximate surface area is 196 Å². The van der Waals surface area contributed by atoms with Crippen molar-refractivity contribution in [3.63, 3.8) is 0 Å². The number of nitrogens with zero attached hydrogens (tertiary/aromatic N) is 1. The minimum atomic E-state index is -0.322. The number of amides is 1. The summed E-state index contributed by atoms with van der Waals surface area (Å²) >= 11 is 0. The van der Waals surface area contributed by atoms with Gasteiger partial charge in [0.2, 0.25) is 0 Å². The zero-order valence-electron chi connectivity index (χ0n) is 19.0. The summed E-state index contributed by atoms with van der Waals surface area (Å²) < 4.78 is 12.4. The topological polar surface area (TPSA) is 38.8 Å². The molecule has 1 unspecified atom stereocenters. The van der Waals surface area contributed by atoms with Gasteiger partial charge in [-0.05, 0) is 66.6 Å². The van der Waals surface area contributed by atoms with E-state index in [4.69, 9.17) is 9.47 Å². The van der Waals surface area contributed by atoms with Crippen molar-refractivity contribution in [2.45, 2.75) is 37.7 Å². The van der Waals surface area contributed by atoms with Crippen LogP contribution in [0, 0.1) is 0 Å². The zero-order chi connectivity index (χ0) is 22.5. The van der Waals surface area contributed by atoms with E-state index in [1.807, 2.05) is 53.4 Å². The van der Waals surface area contributed by atoms with Gasteiger partial charge in [0, 0.05) is 18.7 Å². The fourth-order valence-electron chi connectivity index (χ4n) is 5.12. The van der Waals surface area contributed by atoms with Gasteiger partial charge in [0.1, 0.15) is 12.4 Å². The van der Waals surface area contributed by atoms with E-state index in [0.717, 1.165) is 49.2 Å². The number of fused-ring (bicyclic) bond motifs is 1. The number of benzene rings is 3. The molecule has 0 N–H and O–H groups in total. The lowest BCUT2D eigenvalue weighted by Gasteiger charge is -2.39. The van der Waals surface area contributed by atoms with E-state index in [9.17, 15) is 4.79 Å². The van der Waals surface area contributed by atoms with Crippen LogP contribution in [0.25, 0.3) is 0 Å². The summed E-state index contributed by atoms with van der Waals surface area (Å²) in [5.74, 6) is 0.992. The number of carbonyl (C=O) groups excluding carboxylic acids is 1. The highest BCUT2D eigenvalue weighted by Gasteiger charge is 2.39. The van der Waals surface area contributed by atoms with E-state index in [1.54, 1.807) is 0 Å². The van der Waals surface area contributed by atoms with Crippen LogP contribution in [0.3, 0.4) is 0 Å². The Bertz CT molecular complexity index is 1080. The monoisotopic (exact) mass is 441 g/mol. The first-order valence-electron chi connectivity index (χ1n) is 12.0. The van der Waals surface area contributed by atoms with E-state index < -0.39 is 0 Å². The van der Waals surface area contributed by atoms with Crippen molar-refractivity contribution >= 4 is 5.91 Å². The second-order valence-electron chi connectivity index (χ2n) is 9.26. The third kappa shape index (κ3) is 4.81. The molecule has 170 valence electrons. The van der Waals surface area contributed by atoms with E-state index in [1.165, 1.54) is 17.5 Å². The minimum Gasteiger partial charge on any atom is -0.493 e. The predicted molar refractivity (Wildman–Crippen MR) is 130 cm³/mol. The van der Waals surface area contributed by atoms with Gasteiger partial charge in [-0.2, -0.15) is 0 Å². The molecule has 2 heterocycles. The molecule has 1 fully saturated rings. The van der Waals surface area contributed by atoms with E-state index >= 15 is 0 Å². The minimum absolute atomic E-state index is 0.136. The van der Waals surface area contributed by atoms with Crippen molar-refractivity contribution in [1.29, 1.82) is 0 Å². The third-order valence-corrected chi connectivity index (χ3v) is 6.85. The van der Waals surface area contributed by atoms with Crippen LogP contribution in [0.1, 0.15) is 46.3 Å². The van der Waals surface area contributed by atoms with Gasteiger partial charge in [0.25, 0.3) is 5.91 Å². The molecular weight excluding hydrogens is 410 g/mol. The summed E-state index contributed by atoms with van der Waals surface area (Å²) in [7, 11) is 0. The fourth-order valence-corrected chi connectivity index (χ4v) is 5.12. The molecular formula is C29H31NO3. The number of piperidine rings is 1. The van der Waals surface area contributed by atoms with Crippen LogP contribution in [0.4, 0.5) is 0 Å². The SMILES string of the molecule is O=C(c1ccc2c(c1)COCC2(COc1ccccc1)Cc1ccccc1)N1CCCCC1. The van der Waals surface area contributed by atoms with E-state index in [-0.39, 0.29) is 11.3 Å².